The Morgan fingerprint density at radius 1 is 1.12 bits per heavy atom. The Labute approximate surface area is 195 Å². The van der Waals surface area contributed by atoms with Gasteiger partial charge < -0.3 is 15.4 Å². The van der Waals surface area contributed by atoms with Gasteiger partial charge >= 0.3 is 6.01 Å². The Balaban J connectivity index is 1.54. The SMILES string of the molecule is CCOc1ncc(-c2cc(NCC(C)c3cccc4c(C(=O)NC)c(F)cnc34)ncn2)cn1. The largest absolute Gasteiger partial charge is 0.464 e. The van der Waals surface area contributed by atoms with Crippen LogP contribution < -0.4 is 15.4 Å². The van der Waals surface area contributed by atoms with Crippen molar-refractivity contribution in [2.75, 3.05) is 25.5 Å². The number of hydrogen-bond donors (Lipinski definition) is 2. The lowest BCUT2D eigenvalue weighted by Gasteiger charge is -2.17. The number of rotatable bonds is 8. The molecule has 0 radical (unpaired) electrons. The Morgan fingerprint density at radius 2 is 1.91 bits per heavy atom. The summed E-state index contributed by atoms with van der Waals surface area (Å²) < 4.78 is 19.6. The third-order valence-corrected chi connectivity index (χ3v) is 5.32. The third kappa shape index (κ3) is 4.75. The first-order valence-corrected chi connectivity index (χ1v) is 10.8. The smallest absolute Gasteiger partial charge is 0.316 e. The number of benzene rings is 1. The minimum Gasteiger partial charge on any atom is -0.464 e. The minimum absolute atomic E-state index is 0.00692. The van der Waals surface area contributed by atoms with Gasteiger partial charge in [0.2, 0.25) is 0 Å². The van der Waals surface area contributed by atoms with E-state index in [0.29, 0.717) is 41.6 Å². The number of hydrogen-bond acceptors (Lipinski definition) is 8. The van der Waals surface area contributed by atoms with Gasteiger partial charge in [0, 0.05) is 48.9 Å². The molecule has 34 heavy (non-hydrogen) atoms. The summed E-state index contributed by atoms with van der Waals surface area (Å²) >= 11 is 0. The van der Waals surface area contributed by atoms with Crippen LogP contribution in [0.1, 0.15) is 35.7 Å². The molecule has 0 aliphatic carbocycles. The van der Waals surface area contributed by atoms with Gasteiger partial charge in [-0.2, -0.15) is 0 Å². The van der Waals surface area contributed by atoms with Crippen molar-refractivity contribution in [3.05, 3.63) is 66.1 Å². The van der Waals surface area contributed by atoms with E-state index in [0.717, 1.165) is 17.3 Å². The predicted octanol–water partition coefficient (Wildman–Crippen LogP) is 3.59. The number of fused-ring (bicyclic) bond motifs is 1. The summed E-state index contributed by atoms with van der Waals surface area (Å²) in [5.41, 5.74) is 2.89. The molecule has 9 nitrogen and oxygen atoms in total. The van der Waals surface area contributed by atoms with E-state index >= 15 is 0 Å². The molecule has 174 valence electrons. The maximum absolute atomic E-state index is 14.3. The van der Waals surface area contributed by atoms with Crippen molar-refractivity contribution in [2.45, 2.75) is 19.8 Å². The van der Waals surface area contributed by atoms with E-state index in [9.17, 15) is 9.18 Å². The number of pyridine rings is 1. The van der Waals surface area contributed by atoms with Crippen molar-refractivity contribution in [3.8, 4) is 17.3 Å². The van der Waals surface area contributed by atoms with Crippen LogP contribution in [0.25, 0.3) is 22.2 Å². The summed E-state index contributed by atoms with van der Waals surface area (Å²) in [6.07, 6.45) is 5.86. The molecule has 1 atom stereocenters. The number of aromatic nitrogens is 5. The molecule has 10 heteroatoms. The average molecular weight is 462 g/mol. The van der Waals surface area contributed by atoms with Gasteiger partial charge in [0.15, 0.2) is 5.82 Å². The fourth-order valence-electron chi connectivity index (χ4n) is 3.61. The summed E-state index contributed by atoms with van der Waals surface area (Å²) in [4.78, 5) is 33.4. The van der Waals surface area contributed by atoms with Gasteiger partial charge in [-0.3, -0.25) is 9.78 Å². The number of amides is 1. The number of anilines is 1. The van der Waals surface area contributed by atoms with Crippen LogP contribution in [0, 0.1) is 5.82 Å². The summed E-state index contributed by atoms with van der Waals surface area (Å²) in [5, 5.41) is 6.28. The number of nitrogens with zero attached hydrogens (tertiary/aromatic N) is 5. The molecular formula is C24H24FN7O2. The molecular weight excluding hydrogens is 437 g/mol. The molecule has 0 spiro atoms. The quantitative estimate of drug-likeness (QED) is 0.409. The normalized spacial score (nSPS) is 11.8. The minimum atomic E-state index is -0.651. The monoisotopic (exact) mass is 461 g/mol. The lowest BCUT2D eigenvalue weighted by atomic mass is 9.96. The van der Waals surface area contributed by atoms with Crippen molar-refractivity contribution in [3.63, 3.8) is 0 Å². The van der Waals surface area contributed by atoms with Crippen LogP contribution in [-0.4, -0.2) is 51.0 Å². The zero-order valence-corrected chi connectivity index (χ0v) is 19.0. The van der Waals surface area contributed by atoms with Gasteiger partial charge in [0.1, 0.15) is 12.1 Å². The molecule has 2 N–H and O–H groups in total. The number of nitrogens with one attached hydrogen (secondary N) is 2. The van der Waals surface area contributed by atoms with E-state index in [-0.39, 0.29) is 11.5 Å². The van der Waals surface area contributed by atoms with E-state index in [1.165, 1.54) is 13.4 Å². The van der Waals surface area contributed by atoms with Crippen molar-refractivity contribution >= 4 is 22.6 Å². The van der Waals surface area contributed by atoms with Crippen LogP contribution in [0.4, 0.5) is 10.2 Å². The van der Waals surface area contributed by atoms with Gasteiger partial charge in [0.25, 0.3) is 5.91 Å². The van der Waals surface area contributed by atoms with Crippen molar-refractivity contribution in [1.82, 2.24) is 30.2 Å². The summed E-state index contributed by atoms with van der Waals surface area (Å²) in [7, 11) is 1.47. The first-order chi connectivity index (χ1) is 16.5. The molecule has 1 amide bonds. The Morgan fingerprint density at radius 3 is 2.65 bits per heavy atom. The topological polar surface area (TPSA) is 115 Å². The number of para-hydroxylation sites is 1. The van der Waals surface area contributed by atoms with Crippen LogP contribution >= 0.6 is 0 Å². The Hall–Kier alpha value is -4.21. The van der Waals surface area contributed by atoms with Gasteiger partial charge in [-0.15, -0.1) is 0 Å². The lowest BCUT2D eigenvalue weighted by molar-refractivity contribution is 0.0960. The van der Waals surface area contributed by atoms with Crippen molar-refractivity contribution < 1.29 is 13.9 Å². The van der Waals surface area contributed by atoms with E-state index in [4.69, 9.17) is 4.74 Å². The zero-order valence-electron chi connectivity index (χ0n) is 19.0. The molecule has 0 fully saturated rings. The fourth-order valence-corrected chi connectivity index (χ4v) is 3.61. The van der Waals surface area contributed by atoms with Gasteiger partial charge in [-0.1, -0.05) is 25.1 Å². The molecule has 0 saturated carbocycles. The molecule has 1 unspecified atom stereocenters. The highest BCUT2D eigenvalue weighted by Gasteiger charge is 2.19. The molecule has 1 aromatic carbocycles. The highest BCUT2D eigenvalue weighted by Crippen LogP contribution is 2.28. The highest BCUT2D eigenvalue weighted by atomic mass is 19.1. The fraction of sp³-hybridized carbons (Fsp3) is 0.250. The van der Waals surface area contributed by atoms with E-state index in [1.54, 1.807) is 24.5 Å². The number of carbonyl (C=O) groups excluding carboxylic acids is 1. The summed E-state index contributed by atoms with van der Waals surface area (Å²) in [6.45, 7) is 4.92. The van der Waals surface area contributed by atoms with Crippen molar-refractivity contribution in [1.29, 1.82) is 0 Å². The maximum atomic E-state index is 14.3. The summed E-state index contributed by atoms with van der Waals surface area (Å²) in [5.74, 6) is -0.511. The lowest BCUT2D eigenvalue weighted by Crippen LogP contribution is -2.20. The second kappa shape index (κ2) is 10.2. The maximum Gasteiger partial charge on any atom is 0.316 e. The highest BCUT2D eigenvalue weighted by molar-refractivity contribution is 6.06. The van der Waals surface area contributed by atoms with E-state index < -0.39 is 11.7 Å². The van der Waals surface area contributed by atoms with Crippen LogP contribution in [0.15, 0.2) is 49.2 Å². The molecule has 3 heterocycles. The van der Waals surface area contributed by atoms with Crippen LogP contribution in [0.3, 0.4) is 0 Å². The molecule has 4 aromatic rings. The molecule has 0 saturated heterocycles. The molecule has 0 aliphatic rings. The van der Waals surface area contributed by atoms with Crippen LogP contribution in [0.5, 0.6) is 6.01 Å². The Kier molecular flexibility index (Phi) is 6.86. The van der Waals surface area contributed by atoms with Crippen molar-refractivity contribution in [2.24, 2.45) is 0 Å². The first-order valence-electron chi connectivity index (χ1n) is 10.8. The predicted molar refractivity (Wildman–Crippen MR) is 126 cm³/mol. The molecule has 0 aliphatic heterocycles. The molecule has 4 rings (SSSR count). The average Bonchev–Trinajstić information content (AvgIpc) is 2.87. The zero-order chi connectivity index (χ0) is 24.1. The van der Waals surface area contributed by atoms with E-state index in [2.05, 4.69) is 35.6 Å². The molecule has 3 aromatic heterocycles. The van der Waals surface area contributed by atoms with Crippen LogP contribution in [-0.2, 0) is 0 Å². The number of carbonyl (C=O) groups is 1. The van der Waals surface area contributed by atoms with E-state index in [1.807, 2.05) is 26.0 Å². The van der Waals surface area contributed by atoms with Gasteiger partial charge in [-0.05, 0) is 12.5 Å². The number of ether oxygens (including phenoxy) is 1. The van der Waals surface area contributed by atoms with Gasteiger partial charge in [-0.25, -0.2) is 24.3 Å². The number of halogens is 1. The summed E-state index contributed by atoms with van der Waals surface area (Å²) in [6, 6.07) is 7.56. The van der Waals surface area contributed by atoms with Gasteiger partial charge in [0.05, 0.1) is 29.6 Å². The Bertz CT molecular complexity index is 1310. The molecule has 0 bridgehead atoms. The third-order valence-electron chi connectivity index (χ3n) is 5.32. The standard InChI is InChI=1S/C24H24FN7O2/c1-4-34-24-29-10-15(11-30-24)19-8-20(32-13-31-19)27-9-14(2)16-6-5-7-17-21(23(33)26-3)18(25)12-28-22(16)17/h5-8,10-14H,4,9H2,1-3H3,(H,26,33)(H,27,31,32). The first kappa shape index (κ1) is 23.0. The second-order valence-corrected chi connectivity index (χ2v) is 7.56. The second-order valence-electron chi connectivity index (χ2n) is 7.56. The van der Waals surface area contributed by atoms with Crippen LogP contribution in [0.2, 0.25) is 0 Å².